The van der Waals surface area contributed by atoms with Crippen molar-refractivity contribution in [1.29, 1.82) is 0 Å². The van der Waals surface area contributed by atoms with Crippen LogP contribution in [0.15, 0.2) is 97.1 Å². The van der Waals surface area contributed by atoms with Crippen molar-refractivity contribution < 1.29 is 4.74 Å². The molecule has 1 saturated heterocycles. The average Bonchev–Trinajstić information content (AvgIpc) is 3.45. The molecule has 0 spiro atoms. The van der Waals surface area contributed by atoms with E-state index in [2.05, 4.69) is 114 Å². The van der Waals surface area contributed by atoms with Gasteiger partial charge in [-0.25, -0.2) is 0 Å². The van der Waals surface area contributed by atoms with Crippen molar-refractivity contribution in [2.75, 3.05) is 25.3 Å². The summed E-state index contributed by atoms with van der Waals surface area (Å²) in [6, 6.07) is 35.8. The zero-order chi connectivity index (χ0) is 23.3. The van der Waals surface area contributed by atoms with Gasteiger partial charge in [-0.05, 0) is 49.9 Å². The number of ether oxygens (including phenoxy) is 1. The van der Waals surface area contributed by atoms with Gasteiger partial charge in [-0.15, -0.1) is 0 Å². The second-order valence-corrected chi connectivity index (χ2v) is 11.2. The van der Waals surface area contributed by atoms with Gasteiger partial charge in [0, 0.05) is 36.8 Å². The number of hydrogen-bond donors (Lipinski definition) is 0. The zero-order valence-electron chi connectivity index (χ0n) is 20.1. The fourth-order valence-electron chi connectivity index (χ4n) is 5.19. The van der Waals surface area contributed by atoms with Gasteiger partial charge in [0.2, 0.25) is 0 Å². The molecule has 1 aliphatic rings. The molecule has 0 N–H and O–H groups in total. The van der Waals surface area contributed by atoms with Crippen LogP contribution in [0.25, 0.3) is 0 Å². The number of benzene rings is 3. The molecular weight excluding hydrogens is 435 g/mol. The van der Waals surface area contributed by atoms with Crippen molar-refractivity contribution in [2.24, 2.45) is 0 Å². The second-order valence-electron chi connectivity index (χ2n) is 9.00. The van der Waals surface area contributed by atoms with E-state index < -0.39 is 7.92 Å². The molecular formula is C30H33N2OP. The minimum atomic E-state index is -0.652. The van der Waals surface area contributed by atoms with Crippen molar-refractivity contribution in [3.63, 3.8) is 0 Å². The maximum Gasteiger partial charge on any atom is 0.0689 e. The van der Waals surface area contributed by atoms with Crippen LogP contribution in [0.5, 0.6) is 0 Å². The number of methoxy groups -OCH3 is 1. The Morgan fingerprint density at radius 3 is 2.03 bits per heavy atom. The highest BCUT2D eigenvalue weighted by atomic mass is 31.1. The first-order valence-corrected chi connectivity index (χ1v) is 13.5. The Morgan fingerprint density at radius 1 is 0.853 bits per heavy atom. The first-order valence-electron chi connectivity index (χ1n) is 12.2. The highest BCUT2D eigenvalue weighted by Gasteiger charge is 2.30. The van der Waals surface area contributed by atoms with Gasteiger partial charge in [0.15, 0.2) is 0 Å². The van der Waals surface area contributed by atoms with E-state index in [4.69, 9.17) is 4.74 Å². The third kappa shape index (κ3) is 4.69. The summed E-state index contributed by atoms with van der Waals surface area (Å²) in [7, 11) is 1.17. The summed E-state index contributed by atoms with van der Waals surface area (Å²) in [5, 5.41) is 6.79. The maximum atomic E-state index is 5.62. The van der Waals surface area contributed by atoms with Gasteiger partial charge in [0.25, 0.3) is 0 Å². The minimum Gasteiger partial charge on any atom is -0.382 e. The molecule has 3 nitrogen and oxygen atoms in total. The lowest BCUT2D eigenvalue weighted by atomic mass is 10.1. The molecule has 1 aliphatic heterocycles. The van der Waals surface area contributed by atoms with Crippen LogP contribution in [0.3, 0.4) is 0 Å². The zero-order valence-corrected chi connectivity index (χ0v) is 21.0. The van der Waals surface area contributed by atoms with Gasteiger partial charge in [-0.2, -0.15) is 0 Å². The molecule has 4 heteroatoms. The van der Waals surface area contributed by atoms with E-state index in [0.717, 1.165) is 19.6 Å². The molecule has 0 amide bonds. The Kier molecular flexibility index (Phi) is 7.13. The normalized spacial score (nSPS) is 15.9. The molecule has 2 heterocycles. The summed E-state index contributed by atoms with van der Waals surface area (Å²) in [6.07, 6.45) is 3.31. The van der Waals surface area contributed by atoms with Crippen LogP contribution in [0.2, 0.25) is 0 Å². The molecule has 1 fully saturated rings. The Morgan fingerprint density at radius 2 is 1.44 bits per heavy atom. The average molecular weight is 469 g/mol. The van der Waals surface area contributed by atoms with E-state index in [-0.39, 0.29) is 0 Å². The van der Waals surface area contributed by atoms with Gasteiger partial charge in [-0.3, -0.25) is 4.68 Å². The van der Waals surface area contributed by atoms with Gasteiger partial charge < -0.3 is 9.75 Å². The quantitative estimate of drug-likeness (QED) is 0.343. The Hall–Kier alpha value is -2.87. The van der Waals surface area contributed by atoms with Crippen LogP contribution >= 0.6 is 7.92 Å². The number of aromatic nitrogens is 1. The Balaban J connectivity index is 1.66. The lowest BCUT2D eigenvalue weighted by Gasteiger charge is -2.31. The molecule has 0 bridgehead atoms. The first-order chi connectivity index (χ1) is 16.8. The van der Waals surface area contributed by atoms with Gasteiger partial charge in [0.1, 0.15) is 0 Å². The van der Waals surface area contributed by atoms with Gasteiger partial charge in [0.05, 0.1) is 12.6 Å². The van der Waals surface area contributed by atoms with Crippen LogP contribution in [0.1, 0.15) is 29.8 Å². The van der Waals surface area contributed by atoms with E-state index in [1.165, 1.54) is 45.7 Å². The predicted octanol–water partition coefficient (Wildman–Crippen LogP) is 4.89. The van der Waals surface area contributed by atoms with E-state index in [9.17, 15) is 0 Å². The largest absolute Gasteiger partial charge is 0.382 e. The monoisotopic (exact) mass is 468 g/mol. The SMILES string of the molecule is COC[C@@H]1CCCN1n1c(Cc2ccccc2)cc(P(c2ccccc2)c2ccccc2)c1C. The maximum absolute atomic E-state index is 5.62. The highest BCUT2D eigenvalue weighted by molar-refractivity contribution is 7.79. The standard InChI is InChI=1S/C30H33N2OP/c1-24-30(34(28-16-8-4-9-17-28)29-18-10-5-11-19-29)22-27(21-25-13-6-3-7-14-25)32(24)31-20-12-15-26(31)23-33-2/h3-11,13-14,16-19,22,26H,12,15,20-21,23H2,1-2H3/t26-/m0/s1. The van der Waals surface area contributed by atoms with Crippen LogP contribution in [-0.2, 0) is 11.2 Å². The van der Waals surface area contributed by atoms with E-state index in [1.807, 2.05) is 7.11 Å². The molecule has 0 unspecified atom stereocenters. The number of rotatable bonds is 8. The molecule has 174 valence electrons. The van der Waals surface area contributed by atoms with Crippen LogP contribution < -0.4 is 20.9 Å². The Labute approximate surface area is 204 Å². The van der Waals surface area contributed by atoms with Gasteiger partial charge >= 0.3 is 0 Å². The predicted molar refractivity (Wildman–Crippen MR) is 145 cm³/mol. The molecule has 1 atom stereocenters. The topological polar surface area (TPSA) is 17.4 Å². The van der Waals surface area contributed by atoms with Crippen LogP contribution in [-0.4, -0.2) is 31.0 Å². The van der Waals surface area contributed by atoms with Crippen molar-refractivity contribution in [3.05, 3.63) is 114 Å². The number of hydrogen-bond acceptors (Lipinski definition) is 2. The summed E-state index contributed by atoms with van der Waals surface area (Å²) in [5.74, 6) is 0. The fourth-order valence-corrected chi connectivity index (χ4v) is 7.68. The van der Waals surface area contributed by atoms with E-state index in [1.54, 1.807) is 0 Å². The highest BCUT2D eigenvalue weighted by Crippen LogP contribution is 2.36. The van der Waals surface area contributed by atoms with Crippen LogP contribution in [0, 0.1) is 6.92 Å². The summed E-state index contributed by atoms with van der Waals surface area (Å²) in [6.45, 7) is 4.15. The third-order valence-electron chi connectivity index (χ3n) is 6.72. The summed E-state index contributed by atoms with van der Waals surface area (Å²) in [5.41, 5.74) is 4.06. The molecule has 0 aliphatic carbocycles. The second kappa shape index (κ2) is 10.6. The van der Waals surface area contributed by atoms with E-state index >= 15 is 0 Å². The minimum absolute atomic E-state index is 0.415. The molecule has 3 aromatic carbocycles. The van der Waals surface area contributed by atoms with Crippen molar-refractivity contribution in [2.45, 2.75) is 32.2 Å². The molecule has 34 heavy (non-hydrogen) atoms. The summed E-state index contributed by atoms with van der Waals surface area (Å²) >= 11 is 0. The van der Waals surface area contributed by atoms with Crippen LogP contribution in [0.4, 0.5) is 0 Å². The van der Waals surface area contributed by atoms with Crippen molar-refractivity contribution >= 4 is 23.8 Å². The first kappa shape index (κ1) is 22.9. The van der Waals surface area contributed by atoms with Crippen molar-refractivity contribution in [1.82, 2.24) is 4.68 Å². The molecule has 0 saturated carbocycles. The van der Waals surface area contributed by atoms with E-state index in [0.29, 0.717) is 6.04 Å². The Bertz CT molecular complexity index is 1150. The lowest BCUT2D eigenvalue weighted by Crippen LogP contribution is -2.43. The molecule has 5 rings (SSSR count). The smallest absolute Gasteiger partial charge is 0.0689 e. The fraction of sp³-hybridized carbons (Fsp3) is 0.267. The lowest BCUT2D eigenvalue weighted by molar-refractivity contribution is 0.173. The van der Waals surface area contributed by atoms with Crippen molar-refractivity contribution in [3.8, 4) is 0 Å². The molecule has 0 radical (unpaired) electrons. The summed E-state index contributed by atoms with van der Waals surface area (Å²) in [4.78, 5) is 0. The molecule has 1 aromatic heterocycles. The number of nitrogens with zero attached hydrogens (tertiary/aromatic N) is 2. The molecule has 4 aromatic rings. The third-order valence-corrected chi connectivity index (χ3v) is 9.29. The van der Waals surface area contributed by atoms with Gasteiger partial charge in [-0.1, -0.05) is 91.0 Å². The summed E-state index contributed by atoms with van der Waals surface area (Å²) < 4.78 is 8.15.